The molecule has 0 saturated carbocycles. The third-order valence-corrected chi connectivity index (χ3v) is 1.37. The Balaban J connectivity index is 3.31. The molecule has 0 bridgehead atoms. The molecule has 0 aliphatic heterocycles. The van der Waals surface area contributed by atoms with E-state index in [-0.39, 0.29) is 0 Å². The van der Waals surface area contributed by atoms with Crippen molar-refractivity contribution in [1.29, 1.82) is 0 Å². The van der Waals surface area contributed by atoms with Crippen LogP contribution in [-0.2, 0) is 4.79 Å². The number of nitrogens with one attached hydrogen (secondary N) is 1. The highest BCUT2D eigenvalue weighted by Crippen LogP contribution is 1.84. The number of aliphatic carboxylic acids is 1. The van der Waals surface area contributed by atoms with Crippen molar-refractivity contribution >= 4 is 5.97 Å². The van der Waals surface area contributed by atoms with Crippen LogP contribution >= 0.6 is 0 Å². The molecule has 1 unspecified atom stereocenters. The highest BCUT2D eigenvalue weighted by atomic mass is 16.4. The SMILES string of the molecule is C/C=C/CCNC(C)C(=O)O. The molecule has 11 heavy (non-hydrogen) atoms. The molecule has 1 atom stereocenters. The summed E-state index contributed by atoms with van der Waals surface area (Å²) in [5, 5.41) is 11.3. The quantitative estimate of drug-likeness (QED) is 0.462. The van der Waals surface area contributed by atoms with Gasteiger partial charge in [-0.05, 0) is 26.8 Å². The van der Waals surface area contributed by atoms with Crippen LogP contribution < -0.4 is 5.32 Å². The molecule has 0 aromatic heterocycles. The Morgan fingerprint density at radius 2 is 2.36 bits per heavy atom. The van der Waals surface area contributed by atoms with Gasteiger partial charge in [-0.1, -0.05) is 12.2 Å². The highest BCUT2D eigenvalue weighted by molar-refractivity contribution is 5.72. The smallest absolute Gasteiger partial charge is 0.320 e. The van der Waals surface area contributed by atoms with Crippen LogP contribution in [-0.4, -0.2) is 23.7 Å². The van der Waals surface area contributed by atoms with Gasteiger partial charge in [-0.15, -0.1) is 0 Å². The Labute approximate surface area is 67.1 Å². The second-order valence-corrected chi connectivity index (χ2v) is 2.37. The van der Waals surface area contributed by atoms with Crippen LogP contribution in [0.1, 0.15) is 20.3 Å². The normalized spacial score (nSPS) is 13.6. The van der Waals surface area contributed by atoms with E-state index in [1.54, 1.807) is 6.92 Å². The third-order valence-electron chi connectivity index (χ3n) is 1.37. The second-order valence-electron chi connectivity index (χ2n) is 2.37. The first-order valence-electron chi connectivity index (χ1n) is 3.75. The first-order chi connectivity index (χ1) is 5.18. The number of carbonyl (C=O) groups is 1. The van der Waals surface area contributed by atoms with Crippen molar-refractivity contribution in [2.75, 3.05) is 6.54 Å². The lowest BCUT2D eigenvalue weighted by Gasteiger charge is -2.06. The van der Waals surface area contributed by atoms with Gasteiger partial charge in [0.05, 0.1) is 0 Å². The molecule has 0 amide bonds. The van der Waals surface area contributed by atoms with Crippen LogP contribution in [0.3, 0.4) is 0 Å². The maximum absolute atomic E-state index is 10.3. The van der Waals surface area contributed by atoms with E-state index in [1.165, 1.54) is 0 Å². The van der Waals surface area contributed by atoms with Gasteiger partial charge in [-0.2, -0.15) is 0 Å². The van der Waals surface area contributed by atoms with Crippen molar-refractivity contribution in [3.8, 4) is 0 Å². The summed E-state index contributed by atoms with van der Waals surface area (Å²) in [5.74, 6) is -0.800. The summed E-state index contributed by atoms with van der Waals surface area (Å²) in [6.07, 6.45) is 4.84. The Hall–Kier alpha value is -0.830. The van der Waals surface area contributed by atoms with Crippen LogP contribution in [0, 0.1) is 0 Å². The minimum atomic E-state index is -0.800. The molecule has 0 radical (unpaired) electrons. The molecule has 3 nitrogen and oxygen atoms in total. The molecule has 0 aromatic rings. The molecular formula is C8H15NO2. The highest BCUT2D eigenvalue weighted by Gasteiger charge is 2.07. The van der Waals surface area contributed by atoms with Gasteiger partial charge in [-0.25, -0.2) is 0 Å². The molecule has 0 aliphatic carbocycles. The van der Waals surface area contributed by atoms with E-state index in [4.69, 9.17) is 5.11 Å². The van der Waals surface area contributed by atoms with Gasteiger partial charge in [0.1, 0.15) is 6.04 Å². The predicted octanol–water partition coefficient (Wildman–Crippen LogP) is 1.02. The minimum Gasteiger partial charge on any atom is -0.480 e. The average molecular weight is 157 g/mol. The zero-order chi connectivity index (χ0) is 8.69. The zero-order valence-electron chi connectivity index (χ0n) is 7.00. The largest absolute Gasteiger partial charge is 0.480 e. The van der Waals surface area contributed by atoms with Crippen molar-refractivity contribution < 1.29 is 9.90 Å². The predicted molar refractivity (Wildman–Crippen MR) is 44.5 cm³/mol. The summed E-state index contributed by atoms with van der Waals surface area (Å²) in [7, 11) is 0. The molecule has 0 saturated heterocycles. The molecule has 0 heterocycles. The van der Waals surface area contributed by atoms with Crippen molar-refractivity contribution in [2.45, 2.75) is 26.3 Å². The van der Waals surface area contributed by atoms with E-state index < -0.39 is 12.0 Å². The third kappa shape index (κ3) is 5.61. The van der Waals surface area contributed by atoms with E-state index >= 15 is 0 Å². The Morgan fingerprint density at radius 1 is 1.73 bits per heavy atom. The number of rotatable bonds is 5. The lowest BCUT2D eigenvalue weighted by molar-refractivity contribution is -0.138. The van der Waals surface area contributed by atoms with Gasteiger partial charge >= 0.3 is 5.97 Å². The molecule has 0 rings (SSSR count). The number of hydrogen-bond donors (Lipinski definition) is 2. The molecule has 0 fully saturated rings. The van der Waals surface area contributed by atoms with Crippen molar-refractivity contribution in [1.82, 2.24) is 5.32 Å². The minimum absolute atomic E-state index is 0.444. The Morgan fingerprint density at radius 3 is 2.82 bits per heavy atom. The van der Waals surface area contributed by atoms with Gasteiger partial charge in [0.25, 0.3) is 0 Å². The molecule has 3 heteroatoms. The number of carboxylic acid groups (broad SMARTS) is 1. The van der Waals surface area contributed by atoms with Crippen LogP contribution in [0.5, 0.6) is 0 Å². The summed E-state index contributed by atoms with van der Waals surface area (Å²) >= 11 is 0. The van der Waals surface area contributed by atoms with E-state index in [2.05, 4.69) is 5.32 Å². The first-order valence-corrected chi connectivity index (χ1v) is 3.75. The summed E-state index contributed by atoms with van der Waals surface area (Å²) in [6, 6.07) is -0.444. The maximum atomic E-state index is 10.3. The standard InChI is InChI=1S/C8H15NO2/c1-3-4-5-6-9-7(2)8(10)11/h3-4,7,9H,5-6H2,1-2H3,(H,10,11)/b4-3+. The van der Waals surface area contributed by atoms with Gasteiger partial charge in [0, 0.05) is 0 Å². The van der Waals surface area contributed by atoms with Crippen molar-refractivity contribution in [2.24, 2.45) is 0 Å². The summed E-state index contributed by atoms with van der Waals surface area (Å²) in [6.45, 7) is 4.30. The second kappa shape index (κ2) is 5.92. The molecular weight excluding hydrogens is 142 g/mol. The fourth-order valence-electron chi connectivity index (χ4n) is 0.637. The number of carboxylic acids is 1. The Kier molecular flexibility index (Phi) is 5.47. The van der Waals surface area contributed by atoms with E-state index in [0.717, 1.165) is 13.0 Å². The molecule has 64 valence electrons. The Bertz CT molecular complexity index is 143. The lowest BCUT2D eigenvalue weighted by Crippen LogP contribution is -2.34. The molecule has 0 aromatic carbocycles. The first kappa shape index (κ1) is 10.2. The lowest BCUT2D eigenvalue weighted by atomic mass is 10.3. The average Bonchev–Trinajstić information content (AvgIpc) is 1.97. The van der Waals surface area contributed by atoms with Gasteiger partial charge < -0.3 is 10.4 Å². The topological polar surface area (TPSA) is 49.3 Å². The number of hydrogen-bond acceptors (Lipinski definition) is 2. The monoisotopic (exact) mass is 157 g/mol. The molecule has 0 spiro atoms. The van der Waals surface area contributed by atoms with Gasteiger partial charge in [0.2, 0.25) is 0 Å². The van der Waals surface area contributed by atoms with Crippen LogP contribution in [0.2, 0.25) is 0 Å². The van der Waals surface area contributed by atoms with Crippen molar-refractivity contribution in [3.63, 3.8) is 0 Å². The van der Waals surface area contributed by atoms with Gasteiger partial charge in [0.15, 0.2) is 0 Å². The van der Waals surface area contributed by atoms with E-state index in [1.807, 2.05) is 19.1 Å². The summed E-state index contributed by atoms with van der Waals surface area (Å²) in [4.78, 5) is 10.3. The van der Waals surface area contributed by atoms with Crippen molar-refractivity contribution in [3.05, 3.63) is 12.2 Å². The summed E-state index contributed by atoms with van der Waals surface area (Å²) in [5.41, 5.74) is 0. The number of allylic oxidation sites excluding steroid dienone is 1. The van der Waals surface area contributed by atoms with E-state index in [0.29, 0.717) is 0 Å². The summed E-state index contributed by atoms with van der Waals surface area (Å²) < 4.78 is 0. The fraction of sp³-hybridized carbons (Fsp3) is 0.625. The fourth-order valence-corrected chi connectivity index (χ4v) is 0.637. The van der Waals surface area contributed by atoms with E-state index in [9.17, 15) is 4.79 Å². The molecule has 0 aliphatic rings. The van der Waals surface area contributed by atoms with Gasteiger partial charge in [-0.3, -0.25) is 4.79 Å². The van der Waals surface area contributed by atoms with Crippen LogP contribution in [0.15, 0.2) is 12.2 Å². The molecule has 2 N–H and O–H groups in total. The maximum Gasteiger partial charge on any atom is 0.320 e. The zero-order valence-corrected chi connectivity index (χ0v) is 7.00. The van der Waals surface area contributed by atoms with Crippen LogP contribution in [0.4, 0.5) is 0 Å². The van der Waals surface area contributed by atoms with Crippen LogP contribution in [0.25, 0.3) is 0 Å².